The van der Waals surface area contributed by atoms with Crippen LogP contribution in [0.2, 0.25) is 0 Å². The summed E-state index contributed by atoms with van der Waals surface area (Å²) in [5.74, 6) is 0.841. The summed E-state index contributed by atoms with van der Waals surface area (Å²) in [6, 6.07) is 0. The van der Waals surface area contributed by atoms with Gasteiger partial charge in [0.05, 0.1) is 6.67 Å². The fourth-order valence-electron chi connectivity index (χ4n) is 1.65. The van der Waals surface area contributed by atoms with E-state index in [2.05, 4.69) is 30.8 Å². The molecule has 1 aliphatic rings. The zero-order chi connectivity index (χ0) is 6.85. The van der Waals surface area contributed by atoms with Gasteiger partial charge in [-0.05, 0) is 20.0 Å². The van der Waals surface area contributed by atoms with Gasteiger partial charge in [0.25, 0.3) is 0 Å². The van der Waals surface area contributed by atoms with Crippen LogP contribution in [0.4, 0.5) is 0 Å². The third kappa shape index (κ3) is 1.95. The van der Waals surface area contributed by atoms with Gasteiger partial charge >= 0.3 is 0 Å². The topological polar surface area (TPSA) is 6.48 Å². The molecular formula is C7H16N2. The van der Waals surface area contributed by atoms with E-state index in [0.717, 1.165) is 12.6 Å². The summed E-state index contributed by atoms with van der Waals surface area (Å²) in [6.45, 7) is 5.94. The average molecular weight is 128 g/mol. The zero-order valence-corrected chi connectivity index (χ0v) is 6.59. The molecule has 54 valence electrons. The Labute approximate surface area is 57.4 Å². The molecule has 0 unspecified atom stereocenters. The summed E-state index contributed by atoms with van der Waals surface area (Å²) >= 11 is 0. The van der Waals surface area contributed by atoms with Crippen LogP contribution in [0.1, 0.15) is 6.92 Å². The largest absolute Gasteiger partial charge is 0.293 e. The van der Waals surface area contributed by atoms with Gasteiger partial charge in [-0.3, -0.25) is 9.80 Å². The molecule has 1 heterocycles. The van der Waals surface area contributed by atoms with Gasteiger partial charge in [-0.1, -0.05) is 6.92 Å². The number of hydrogen-bond acceptors (Lipinski definition) is 2. The molecule has 0 spiro atoms. The Morgan fingerprint density at radius 2 is 1.56 bits per heavy atom. The maximum atomic E-state index is 2.36. The van der Waals surface area contributed by atoms with Crippen molar-refractivity contribution in [1.82, 2.24) is 9.80 Å². The second kappa shape index (κ2) is 2.67. The van der Waals surface area contributed by atoms with Crippen molar-refractivity contribution in [1.29, 1.82) is 0 Å². The Balaban J connectivity index is 2.34. The van der Waals surface area contributed by atoms with Crippen molar-refractivity contribution in [3.63, 3.8) is 0 Å². The van der Waals surface area contributed by atoms with E-state index >= 15 is 0 Å². The molecule has 9 heavy (non-hydrogen) atoms. The summed E-state index contributed by atoms with van der Waals surface area (Å²) in [5, 5.41) is 0. The minimum absolute atomic E-state index is 0.841. The normalized spacial score (nSPS) is 27.0. The van der Waals surface area contributed by atoms with E-state index in [4.69, 9.17) is 0 Å². The molecular weight excluding hydrogens is 112 g/mol. The molecule has 1 rings (SSSR count). The van der Waals surface area contributed by atoms with Crippen molar-refractivity contribution in [3.8, 4) is 0 Å². The van der Waals surface area contributed by atoms with Crippen LogP contribution >= 0.6 is 0 Å². The molecule has 0 aromatic rings. The van der Waals surface area contributed by atoms with Crippen LogP contribution in [0.25, 0.3) is 0 Å². The summed E-state index contributed by atoms with van der Waals surface area (Å²) in [6.07, 6.45) is 0. The molecule has 0 bridgehead atoms. The summed E-state index contributed by atoms with van der Waals surface area (Å²) in [4.78, 5) is 4.71. The first kappa shape index (κ1) is 7.03. The Morgan fingerprint density at radius 1 is 1.11 bits per heavy atom. The SMILES string of the molecule is CC1CN(C)CN(C)C1. The lowest BCUT2D eigenvalue weighted by Gasteiger charge is -2.34. The Bertz CT molecular complexity index is 67.9. The molecule has 0 aromatic carbocycles. The second-order valence-electron chi connectivity index (χ2n) is 3.32. The lowest BCUT2D eigenvalue weighted by molar-refractivity contribution is 0.0948. The minimum atomic E-state index is 0.841. The molecule has 1 saturated heterocycles. The molecule has 0 amide bonds. The minimum Gasteiger partial charge on any atom is -0.293 e. The van der Waals surface area contributed by atoms with E-state index in [1.165, 1.54) is 13.1 Å². The molecule has 0 aliphatic carbocycles. The van der Waals surface area contributed by atoms with E-state index in [-0.39, 0.29) is 0 Å². The van der Waals surface area contributed by atoms with Gasteiger partial charge in [-0.25, -0.2) is 0 Å². The number of hydrogen-bond donors (Lipinski definition) is 0. The molecule has 0 aromatic heterocycles. The third-order valence-electron chi connectivity index (χ3n) is 1.73. The fourth-order valence-corrected chi connectivity index (χ4v) is 1.65. The van der Waals surface area contributed by atoms with Crippen LogP contribution in [0.5, 0.6) is 0 Å². The monoisotopic (exact) mass is 128 g/mol. The van der Waals surface area contributed by atoms with Gasteiger partial charge in [-0.15, -0.1) is 0 Å². The molecule has 2 heteroatoms. The van der Waals surface area contributed by atoms with Crippen LogP contribution in [-0.4, -0.2) is 43.7 Å². The van der Waals surface area contributed by atoms with Crippen molar-refractivity contribution < 1.29 is 0 Å². The van der Waals surface area contributed by atoms with Crippen molar-refractivity contribution in [3.05, 3.63) is 0 Å². The fraction of sp³-hybridized carbons (Fsp3) is 1.00. The van der Waals surface area contributed by atoms with E-state index in [1.54, 1.807) is 0 Å². The van der Waals surface area contributed by atoms with Crippen LogP contribution in [0.15, 0.2) is 0 Å². The quantitative estimate of drug-likeness (QED) is 0.467. The van der Waals surface area contributed by atoms with Crippen molar-refractivity contribution in [2.75, 3.05) is 33.9 Å². The van der Waals surface area contributed by atoms with Gasteiger partial charge < -0.3 is 0 Å². The van der Waals surface area contributed by atoms with E-state index in [1.807, 2.05) is 0 Å². The van der Waals surface area contributed by atoms with Crippen molar-refractivity contribution >= 4 is 0 Å². The second-order valence-corrected chi connectivity index (χ2v) is 3.32. The highest BCUT2D eigenvalue weighted by atomic mass is 15.3. The highest BCUT2D eigenvalue weighted by molar-refractivity contribution is 4.67. The Hall–Kier alpha value is -0.0800. The standard InChI is InChI=1S/C7H16N2/c1-7-4-8(2)6-9(3)5-7/h7H,4-6H2,1-3H3. The predicted molar refractivity (Wildman–Crippen MR) is 39.3 cm³/mol. The smallest absolute Gasteiger partial charge is 0.0500 e. The van der Waals surface area contributed by atoms with Crippen LogP contribution < -0.4 is 0 Å². The van der Waals surface area contributed by atoms with Gasteiger partial charge in [-0.2, -0.15) is 0 Å². The number of rotatable bonds is 0. The van der Waals surface area contributed by atoms with Crippen molar-refractivity contribution in [2.24, 2.45) is 5.92 Å². The third-order valence-corrected chi connectivity index (χ3v) is 1.73. The first-order valence-corrected chi connectivity index (χ1v) is 3.55. The van der Waals surface area contributed by atoms with Crippen LogP contribution in [0, 0.1) is 5.92 Å². The predicted octanol–water partition coefficient (Wildman–Crippen LogP) is 0.457. The maximum Gasteiger partial charge on any atom is 0.0500 e. The molecule has 1 fully saturated rings. The molecule has 0 saturated carbocycles. The summed E-state index contributed by atoms with van der Waals surface area (Å²) in [7, 11) is 4.35. The van der Waals surface area contributed by atoms with Gasteiger partial charge in [0.15, 0.2) is 0 Å². The summed E-state index contributed by atoms with van der Waals surface area (Å²) in [5.41, 5.74) is 0. The van der Waals surface area contributed by atoms with Gasteiger partial charge in [0, 0.05) is 13.1 Å². The lowest BCUT2D eigenvalue weighted by atomic mass is 10.1. The van der Waals surface area contributed by atoms with E-state index < -0.39 is 0 Å². The van der Waals surface area contributed by atoms with Gasteiger partial charge in [0.1, 0.15) is 0 Å². The first-order valence-electron chi connectivity index (χ1n) is 3.55. The highest BCUT2D eigenvalue weighted by Crippen LogP contribution is 2.06. The zero-order valence-electron chi connectivity index (χ0n) is 6.59. The van der Waals surface area contributed by atoms with E-state index in [0.29, 0.717) is 0 Å². The van der Waals surface area contributed by atoms with E-state index in [9.17, 15) is 0 Å². The summed E-state index contributed by atoms with van der Waals surface area (Å²) < 4.78 is 0. The van der Waals surface area contributed by atoms with Crippen molar-refractivity contribution in [2.45, 2.75) is 6.92 Å². The highest BCUT2D eigenvalue weighted by Gasteiger charge is 2.15. The Morgan fingerprint density at radius 3 is 1.89 bits per heavy atom. The lowest BCUT2D eigenvalue weighted by Crippen LogP contribution is -2.44. The average Bonchev–Trinajstić information content (AvgIpc) is 1.59. The van der Waals surface area contributed by atoms with Gasteiger partial charge in [0.2, 0.25) is 0 Å². The van der Waals surface area contributed by atoms with Crippen LogP contribution in [0.3, 0.4) is 0 Å². The molecule has 2 nitrogen and oxygen atoms in total. The molecule has 0 atom stereocenters. The Kier molecular flexibility index (Phi) is 2.09. The first-order chi connectivity index (χ1) is 4.18. The number of nitrogens with zero attached hydrogens (tertiary/aromatic N) is 2. The molecule has 0 radical (unpaired) electrons. The molecule has 0 N–H and O–H groups in total. The van der Waals surface area contributed by atoms with Crippen LogP contribution in [-0.2, 0) is 0 Å². The molecule has 1 aliphatic heterocycles. The maximum absolute atomic E-state index is 2.36.